The van der Waals surface area contributed by atoms with Crippen LogP contribution in [-0.4, -0.2) is 23.4 Å². The van der Waals surface area contributed by atoms with Gasteiger partial charge in [-0.3, -0.25) is 0 Å². The number of rotatable bonds is 7. The van der Waals surface area contributed by atoms with E-state index in [1.807, 2.05) is 0 Å². The Morgan fingerprint density at radius 2 is 1.03 bits per heavy atom. The van der Waals surface area contributed by atoms with E-state index in [1.54, 1.807) is 22.3 Å². The first-order valence-electron chi connectivity index (χ1n) is 12.1. The van der Waals surface area contributed by atoms with Crippen LogP contribution >= 0.6 is 0 Å². The maximum atomic E-state index is 8.07. The fraction of sp³-hybridized carbons (Fsp3) is 0.533. The molecule has 2 aliphatic rings. The Morgan fingerprint density at radius 1 is 0.667 bits per heavy atom. The fourth-order valence-electron chi connectivity index (χ4n) is 4.61. The van der Waals surface area contributed by atoms with Gasteiger partial charge in [-0.1, -0.05) is 75.2 Å². The van der Waals surface area contributed by atoms with Gasteiger partial charge < -0.3 is 25.1 Å². The van der Waals surface area contributed by atoms with Gasteiger partial charge in [0.1, 0.15) is 0 Å². The molecule has 2 atom stereocenters. The Balaban J connectivity index is 0. The average Bonchev–Trinajstić information content (AvgIpc) is 3.38. The number of fused-ring (bicyclic) bond motifs is 2. The van der Waals surface area contributed by atoms with Crippen molar-refractivity contribution in [3.8, 4) is 0 Å². The minimum atomic E-state index is 0. The molecule has 0 unspecified atom stereocenters. The maximum Gasteiger partial charge on any atom is 0.0430 e. The molecule has 0 amide bonds. The van der Waals surface area contributed by atoms with Crippen molar-refractivity contribution in [1.29, 1.82) is 0 Å². The zero-order valence-corrected chi connectivity index (χ0v) is 25.2. The van der Waals surface area contributed by atoms with E-state index >= 15 is 0 Å². The van der Waals surface area contributed by atoms with Crippen LogP contribution in [0.5, 0.6) is 0 Å². The zero-order valence-electron chi connectivity index (χ0n) is 21.7. The van der Waals surface area contributed by atoms with E-state index in [1.165, 1.54) is 38.5 Å². The summed E-state index contributed by atoms with van der Waals surface area (Å²) in [7, 11) is 0. The van der Waals surface area contributed by atoms with Crippen LogP contribution < -0.4 is 0 Å². The number of unbranched alkanes of at least 4 members (excludes halogenated alkanes) is 2. The quantitative estimate of drug-likeness (QED) is 0.247. The molecule has 186 valence electrons. The minimum Gasteiger partial charge on any atom is -0.396 e. The summed E-state index contributed by atoms with van der Waals surface area (Å²) in [4.78, 5) is 0. The molecule has 0 aromatic heterocycles. The average molecular weight is 619 g/mol. The molecule has 0 fully saturated rings. The van der Waals surface area contributed by atoms with Gasteiger partial charge in [0.05, 0.1) is 0 Å². The van der Waals surface area contributed by atoms with Gasteiger partial charge in [0, 0.05) is 39.1 Å². The van der Waals surface area contributed by atoms with Crippen LogP contribution in [0.1, 0.15) is 99.3 Å². The Hall–Kier alpha value is -0.770. The molecule has 0 radical (unpaired) electrons. The molecule has 0 aliphatic heterocycles. The molecule has 2 aliphatic carbocycles. The Morgan fingerprint density at radius 3 is 1.33 bits per heavy atom. The fourth-order valence-corrected chi connectivity index (χ4v) is 4.61. The Labute approximate surface area is 224 Å². The number of hydrogen-bond acceptors (Lipinski definition) is 2. The molecule has 0 saturated heterocycles. The number of aliphatic hydroxyl groups excluding tert-OH is 2. The monoisotopic (exact) mass is 620 g/mol. The van der Waals surface area contributed by atoms with Crippen molar-refractivity contribution in [2.45, 2.75) is 89.9 Å². The molecule has 0 spiro atoms. The summed E-state index contributed by atoms with van der Waals surface area (Å²) in [5.74, 6) is 1.64. The molecule has 2 nitrogen and oxygen atoms in total. The summed E-state index contributed by atoms with van der Waals surface area (Å²) in [6.45, 7) is 4.79. The molecule has 33 heavy (non-hydrogen) atoms. The zero-order chi connectivity index (χ0) is 21.6. The van der Waals surface area contributed by atoms with Crippen LogP contribution in [0, 0.1) is 14.9 Å². The van der Waals surface area contributed by atoms with E-state index in [-0.39, 0.29) is 40.7 Å². The minimum absolute atomic E-state index is 0. The maximum absolute atomic E-state index is 8.07. The second kappa shape index (κ2) is 20.6. The van der Waals surface area contributed by atoms with Gasteiger partial charge >= 0.3 is 0 Å². The summed E-state index contributed by atoms with van der Waals surface area (Å²) in [5.41, 5.74) is 6.48. The molecule has 3 heteroatoms. The van der Waals surface area contributed by atoms with Crippen molar-refractivity contribution in [1.82, 2.24) is 0 Å². The number of hydrogen-bond donors (Lipinski definition) is 2. The molecule has 2 N–H and O–H groups in total. The molecule has 2 aromatic rings. The van der Waals surface area contributed by atoms with E-state index < -0.39 is 0 Å². The molecular weight excluding hydrogens is 571 g/mol. The van der Waals surface area contributed by atoms with Crippen LogP contribution in [0.4, 0.5) is 0 Å². The summed E-state index contributed by atoms with van der Waals surface area (Å²) in [5, 5.41) is 16.1. The standard InChI is InChI=1S/C20H22.2C4H10O.2CH3.Hf/c1-3-7-19-15(5-1)9-11-17(19)13-14-18-12-10-16-6-2-4-8-20(16)18;2*1-2-3-4-5;;;/h1-8,17-18H,9-14H2;2*5H,2-4H2,1H3;2*1H3;/q;;;2*-1;/t17-,18-;;;;;/m1...../s1. The van der Waals surface area contributed by atoms with E-state index in [0.717, 1.165) is 37.5 Å². The van der Waals surface area contributed by atoms with Crippen molar-refractivity contribution in [2.24, 2.45) is 0 Å². The van der Waals surface area contributed by atoms with Crippen LogP contribution in [0.15, 0.2) is 48.5 Å². The van der Waals surface area contributed by atoms with Gasteiger partial charge in [-0.05, 0) is 85.5 Å². The molecule has 4 rings (SSSR count). The van der Waals surface area contributed by atoms with Crippen molar-refractivity contribution in [3.63, 3.8) is 0 Å². The third kappa shape index (κ3) is 11.5. The topological polar surface area (TPSA) is 40.5 Å². The van der Waals surface area contributed by atoms with Gasteiger partial charge in [0.2, 0.25) is 0 Å². The predicted octanol–water partition coefficient (Wildman–Crippen LogP) is 7.68. The normalized spacial score (nSPS) is 16.8. The summed E-state index contributed by atoms with van der Waals surface area (Å²) < 4.78 is 0. The van der Waals surface area contributed by atoms with Crippen LogP contribution in [0.2, 0.25) is 0 Å². The van der Waals surface area contributed by atoms with Gasteiger partial charge in [-0.25, -0.2) is 0 Å². The first-order chi connectivity index (χ1) is 14.7. The second-order valence-electron chi connectivity index (χ2n) is 8.60. The van der Waals surface area contributed by atoms with E-state index in [0.29, 0.717) is 13.2 Å². The summed E-state index contributed by atoms with van der Waals surface area (Å²) in [6, 6.07) is 18.2. The number of benzene rings is 2. The van der Waals surface area contributed by atoms with Crippen molar-refractivity contribution >= 4 is 0 Å². The summed E-state index contributed by atoms with van der Waals surface area (Å²) >= 11 is 0. The predicted molar refractivity (Wildman–Crippen MR) is 141 cm³/mol. The van der Waals surface area contributed by atoms with E-state index in [2.05, 4.69) is 62.4 Å². The molecule has 0 saturated carbocycles. The SMILES string of the molecule is CCCCO.CCCCO.[CH3-].[CH3-].[Hf].c1ccc2c(c1)CC[C@@H]2CC[C@H]1CCc2ccccc21. The third-order valence-electron chi connectivity index (χ3n) is 6.40. The third-order valence-corrected chi connectivity index (χ3v) is 6.40. The second-order valence-corrected chi connectivity index (χ2v) is 8.60. The molecular formula is C30H48HfO2-2. The smallest absolute Gasteiger partial charge is 0.0430 e. The number of aryl methyl sites for hydroxylation is 2. The van der Waals surface area contributed by atoms with Gasteiger partial charge in [-0.15, -0.1) is 0 Å². The van der Waals surface area contributed by atoms with Crippen LogP contribution in [-0.2, 0) is 38.7 Å². The van der Waals surface area contributed by atoms with Crippen LogP contribution in [0.25, 0.3) is 0 Å². The van der Waals surface area contributed by atoms with Gasteiger partial charge in [-0.2, -0.15) is 0 Å². The number of aliphatic hydroxyl groups is 2. The molecule has 0 bridgehead atoms. The Bertz CT molecular complexity index is 650. The van der Waals surface area contributed by atoms with Gasteiger partial charge in [0.15, 0.2) is 0 Å². The molecule has 2 aromatic carbocycles. The summed E-state index contributed by atoms with van der Waals surface area (Å²) in [6.07, 6.45) is 12.1. The Kier molecular flexibility index (Phi) is 21.5. The largest absolute Gasteiger partial charge is 0.396 e. The van der Waals surface area contributed by atoms with Gasteiger partial charge in [0.25, 0.3) is 0 Å². The van der Waals surface area contributed by atoms with Crippen molar-refractivity contribution in [2.75, 3.05) is 13.2 Å². The van der Waals surface area contributed by atoms with E-state index in [9.17, 15) is 0 Å². The first-order valence-corrected chi connectivity index (χ1v) is 12.1. The van der Waals surface area contributed by atoms with Crippen molar-refractivity contribution < 1.29 is 36.1 Å². The van der Waals surface area contributed by atoms with Crippen LogP contribution in [0.3, 0.4) is 0 Å². The van der Waals surface area contributed by atoms with Crippen molar-refractivity contribution in [3.05, 3.63) is 85.6 Å². The molecule has 0 heterocycles. The first kappa shape index (κ1) is 34.4. The van der Waals surface area contributed by atoms with E-state index in [4.69, 9.17) is 10.2 Å².